The van der Waals surface area contributed by atoms with E-state index in [1.807, 2.05) is 43.0 Å². The lowest BCUT2D eigenvalue weighted by molar-refractivity contribution is 0.0767. The van der Waals surface area contributed by atoms with E-state index in [0.29, 0.717) is 36.4 Å². The number of hydrogen-bond donors (Lipinski definition) is 1. The molecule has 1 aliphatic heterocycles. The summed E-state index contributed by atoms with van der Waals surface area (Å²) in [4.78, 5) is 17.2. The molecule has 1 fully saturated rings. The highest BCUT2D eigenvalue weighted by Crippen LogP contribution is 2.23. The topological polar surface area (TPSA) is 93.5 Å². The summed E-state index contributed by atoms with van der Waals surface area (Å²) in [5, 5.41) is 8.99. The number of sulfonamides is 1. The molecule has 180 valence electrons. The summed E-state index contributed by atoms with van der Waals surface area (Å²) < 4.78 is 28.4. The first-order chi connectivity index (χ1) is 16.8. The van der Waals surface area contributed by atoms with Gasteiger partial charge in [0.2, 0.25) is 0 Å². The molecule has 7 nitrogen and oxygen atoms in total. The van der Waals surface area contributed by atoms with Gasteiger partial charge in [-0.25, -0.2) is 8.42 Å². The van der Waals surface area contributed by atoms with Crippen LogP contribution < -0.4 is 9.62 Å². The second-order valence-corrected chi connectivity index (χ2v) is 10.4. The zero-order valence-electron chi connectivity index (χ0n) is 19.9. The van der Waals surface area contributed by atoms with E-state index in [-0.39, 0.29) is 10.8 Å². The van der Waals surface area contributed by atoms with E-state index in [2.05, 4.69) is 15.7 Å². The summed E-state index contributed by atoms with van der Waals surface area (Å²) in [7, 11) is -3.77. The Morgan fingerprint density at radius 3 is 2.31 bits per heavy atom. The number of nitrogens with one attached hydrogen (secondary N) is 1. The van der Waals surface area contributed by atoms with Crippen LogP contribution in [0.3, 0.4) is 0 Å². The molecule has 0 unspecified atom stereocenters. The van der Waals surface area contributed by atoms with Gasteiger partial charge in [0.15, 0.2) is 0 Å². The van der Waals surface area contributed by atoms with Crippen LogP contribution in [0.1, 0.15) is 33.5 Å². The van der Waals surface area contributed by atoms with Crippen molar-refractivity contribution in [3.05, 3.63) is 89.0 Å². The van der Waals surface area contributed by atoms with E-state index in [9.17, 15) is 13.2 Å². The molecule has 0 bridgehead atoms. The molecule has 0 atom stereocenters. The van der Waals surface area contributed by atoms with Crippen molar-refractivity contribution in [2.45, 2.75) is 25.2 Å². The minimum absolute atomic E-state index is 0.109. The molecule has 3 aromatic carbocycles. The lowest BCUT2D eigenvalue weighted by atomic mass is 10.1. The number of benzene rings is 3. The van der Waals surface area contributed by atoms with Crippen molar-refractivity contribution >= 4 is 27.3 Å². The molecule has 4 rings (SSSR count). The van der Waals surface area contributed by atoms with Crippen LogP contribution in [-0.2, 0) is 10.0 Å². The fourth-order valence-electron chi connectivity index (χ4n) is 4.15. The fraction of sp³-hybridized carbons (Fsp3) is 0.259. The van der Waals surface area contributed by atoms with Gasteiger partial charge >= 0.3 is 0 Å². The van der Waals surface area contributed by atoms with E-state index in [4.69, 9.17) is 5.26 Å². The van der Waals surface area contributed by atoms with E-state index >= 15 is 0 Å². The van der Waals surface area contributed by atoms with Crippen molar-refractivity contribution in [3.63, 3.8) is 0 Å². The number of rotatable bonds is 5. The highest BCUT2D eigenvalue weighted by atomic mass is 32.2. The van der Waals surface area contributed by atoms with Gasteiger partial charge < -0.3 is 9.80 Å². The Kier molecular flexibility index (Phi) is 7.08. The summed E-state index contributed by atoms with van der Waals surface area (Å²) in [6.45, 7) is 6.49. The Balaban J connectivity index is 1.43. The van der Waals surface area contributed by atoms with Crippen LogP contribution in [-0.4, -0.2) is 45.4 Å². The van der Waals surface area contributed by atoms with E-state index in [1.165, 1.54) is 12.1 Å². The van der Waals surface area contributed by atoms with Crippen molar-refractivity contribution in [2.75, 3.05) is 35.8 Å². The van der Waals surface area contributed by atoms with Crippen LogP contribution in [0, 0.1) is 25.2 Å². The van der Waals surface area contributed by atoms with E-state index in [0.717, 1.165) is 29.8 Å². The summed E-state index contributed by atoms with van der Waals surface area (Å²) in [5.74, 6) is -0.113. The number of hydrogen-bond acceptors (Lipinski definition) is 5. The number of amides is 1. The Bertz CT molecular complexity index is 1360. The van der Waals surface area contributed by atoms with E-state index < -0.39 is 10.0 Å². The fourth-order valence-corrected chi connectivity index (χ4v) is 5.27. The molecule has 0 spiro atoms. The molecule has 0 aliphatic carbocycles. The average molecular weight is 489 g/mol. The minimum Gasteiger partial charge on any atom is -0.370 e. The SMILES string of the molecule is Cc1cccc(NS(=O)(=O)c2ccc(C(=O)N3CCCN(c4ccc(C#N)cc4)CC3)cc2)c1C. The third-order valence-electron chi connectivity index (χ3n) is 6.41. The largest absolute Gasteiger partial charge is 0.370 e. The molecule has 8 heteroatoms. The maximum absolute atomic E-state index is 13.1. The molecule has 1 saturated heterocycles. The smallest absolute Gasteiger partial charge is 0.261 e. The third-order valence-corrected chi connectivity index (χ3v) is 7.79. The zero-order valence-corrected chi connectivity index (χ0v) is 20.7. The summed E-state index contributed by atoms with van der Waals surface area (Å²) in [6.07, 6.45) is 0.817. The van der Waals surface area contributed by atoms with E-state index in [1.54, 1.807) is 30.3 Å². The van der Waals surface area contributed by atoms with Gasteiger partial charge in [-0.2, -0.15) is 5.26 Å². The molecule has 0 saturated carbocycles. The Morgan fingerprint density at radius 1 is 0.914 bits per heavy atom. The number of nitriles is 1. The lowest BCUT2D eigenvalue weighted by Gasteiger charge is -2.24. The Hall–Kier alpha value is -3.83. The second kappa shape index (κ2) is 10.2. The van der Waals surface area contributed by atoms with Gasteiger partial charge in [-0.1, -0.05) is 12.1 Å². The standard InChI is InChI=1S/C27H28N4O3S/c1-20-5-3-6-26(21(20)2)29-35(33,34)25-13-9-23(10-14-25)27(32)31-16-4-15-30(17-18-31)24-11-7-22(19-28)8-12-24/h3,5-14,29H,4,15-18H2,1-2H3. The van der Waals surface area contributed by atoms with Gasteiger partial charge in [0.25, 0.3) is 15.9 Å². The number of carbonyl (C=O) groups is 1. The second-order valence-electron chi connectivity index (χ2n) is 8.67. The number of nitrogens with zero attached hydrogens (tertiary/aromatic N) is 3. The molecule has 0 aromatic heterocycles. The molecule has 35 heavy (non-hydrogen) atoms. The van der Waals surface area contributed by atoms with Crippen LogP contribution >= 0.6 is 0 Å². The monoisotopic (exact) mass is 488 g/mol. The molecule has 1 N–H and O–H groups in total. The number of aryl methyl sites for hydroxylation is 1. The van der Waals surface area contributed by atoms with Crippen LogP contribution in [0.25, 0.3) is 0 Å². The first-order valence-corrected chi connectivity index (χ1v) is 13.0. The van der Waals surface area contributed by atoms with Crippen molar-refractivity contribution in [1.29, 1.82) is 5.26 Å². The van der Waals surface area contributed by atoms with Crippen molar-refractivity contribution < 1.29 is 13.2 Å². The lowest BCUT2D eigenvalue weighted by Crippen LogP contribution is -2.35. The van der Waals surface area contributed by atoms with Crippen LogP contribution in [0.2, 0.25) is 0 Å². The van der Waals surface area contributed by atoms with Gasteiger partial charge in [-0.3, -0.25) is 9.52 Å². The van der Waals surface area contributed by atoms with Crippen LogP contribution in [0.15, 0.2) is 71.6 Å². The third kappa shape index (κ3) is 5.47. The van der Waals surface area contributed by atoms with Gasteiger partial charge in [0.05, 0.1) is 22.2 Å². The predicted octanol–water partition coefficient (Wildman–Crippen LogP) is 4.33. The molecular weight excluding hydrogens is 460 g/mol. The molecule has 1 heterocycles. The molecule has 1 amide bonds. The quantitative estimate of drug-likeness (QED) is 0.577. The Morgan fingerprint density at radius 2 is 1.63 bits per heavy atom. The zero-order chi connectivity index (χ0) is 25.0. The van der Waals surface area contributed by atoms with Gasteiger partial charge in [0.1, 0.15) is 0 Å². The molecule has 3 aromatic rings. The highest BCUT2D eigenvalue weighted by Gasteiger charge is 2.22. The summed E-state index contributed by atoms with van der Waals surface area (Å²) >= 11 is 0. The van der Waals surface area contributed by atoms with Crippen LogP contribution in [0.4, 0.5) is 11.4 Å². The minimum atomic E-state index is -3.77. The number of carbonyl (C=O) groups excluding carboxylic acids is 1. The summed E-state index contributed by atoms with van der Waals surface area (Å²) in [6, 6.07) is 21.2. The van der Waals surface area contributed by atoms with Gasteiger partial charge in [0, 0.05) is 37.4 Å². The van der Waals surface area contributed by atoms with Crippen molar-refractivity contribution in [2.24, 2.45) is 0 Å². The molecule has 1 aliphatic rings. The first kappa shape index (κ1) is 24.3. The summed E-state index contributed by atoms with van der Waals surface area (Å²) in [5.41, 5.74) is 4.53. The normalized spacial score (nSPS) is 14.2. The van der Waals surface area contributed by atoms with Gasteiger partial charge in [-0.15, -0.1) is 0 Å². The maximum Gasteiger partial charge on any atom is 0.261 e. The first-order valence-electron chi connectivity index (χ1n) is 11.5. The Labute approximate surface area is 206 Å². The van der Waals surface area contributed by atoms with Crippen LogP contribution in [0.5, 0.6) is 0 Å². The van der Waals surface area contributed by atoms with Gasteiger partial charge in [-0.05, 0) is 86.0 Å². The van der Waals surface area contributed by atoms with Crippen molar-refractivity contribution in [1.82, 2.24) is 4.90 Å². The van der Waals surface area contributed by atoms with Crippen molar-refractivity contribution in [3.8, 4) is 6.07 Å². The molecular formula is C27H28N4O3S. The predicted molar refractivity (Wildman–Crippen MR) is 137 cm³/mol. The number of anilines is 2. The highest BCUT2D eigenvalue weighted by molar-refractivity contribution is 7.92. The average Bonchev–Trinajstić information content (AvgIpc) is 3.13. The maximum atomic E-state index is 13.1. The molecule has 0 radical (unpaired) electrons.